The summed E-state index contributed by atoms with van der Waals surface area (Å²) in [6, 6.07) is 9.46. The molecule has 20 heteroatoms. The molecule has 2 aromatic rings. The Morgan fingerprint density at radius 2 is 1.47 bits per heavy atom. The first-order valence-electron chi connectivity index (χ1n) is 19.5. The predicted octanol–water partition coefficient (Wildman–Crippen LogP) is 4.51. The number of nitrogens with one attached hydrogen (secondary N) is 1. The van der Waals surface area contributed by atoms with Gasteiger partial charge in [-0.15, -0.1) is 0 Å². The minimum absolute atomic E-state index is 0.000393. The van der Waals surface area contributed by atoms with E-state index in [2.05, 4.69) is 9.89 Å². The van der Waals surface area contributed by atoms with Gasteiger partial charge >= 0.3 is 5.97 Å². The van der Waals surface area contributed by atoms with E-state index in [1.807, 2.05) is 37.0 Å². The Labute approximate surface area is 352 Å². The average molecular weight is 899 g/mol. The second kappa shape index (κ2) is 20.2. The number of carbonyl (C=O) groups is 2. The van der Waals surface area contributed by atoms with E-state index in [0.717, 1.165) is 17.0 Å². The highest BCUT2D eigenvalue weighted by atomic mass is 32.2. The Morgan fingerprint density at radius 1 is 0.817 bits per heavy atom. The van der Waals surface area contributed by atoms with E-state index < -0.39 is 58.7 Å². The molecule has 5 N–H and O–H groups in total. The number of hydrogen-bond donors (Lipinski definition) is 5. The number of amides is 1. The number of benzene rings is 2. The Balaban J connectivity index is 1.91. The SMILES string of the molecule is COCCNC(=O)c1ccc2c(c1)C(C)(CCCS(=O)(=O)O)C(/C=C/C=C1/N(CCOC)c3ccc(S(=O)(=O)O)cc3C1(C)CCCS(=O)(=O)O)=[N+]2CCCCCC(=O)O. The van der Waals surface area contributed by atoms with Gasteiger partial charge in [-0.1, -0.05) is 6.08 Å². The Hall–Kier alpha value is -4.02. The highest BCUT2D eigenvalue weighted by Gasteiger charge is 2.48. The van der Waals surface area contributed by atoms with Crippen LogP contribution in [0.4, 0.5) is 11.4 Å². The quantitative estimate of drug-likeness (QED) is 0.0552. The van der Waals surface area contributed by atoms with E-state index in [9.17, 15) is 53.6 Å². The highest BCUT2D eigenvalue weighted by Crippen LogP contribution is 2.51. The maximum Gasteiger partial charge on any atom is 0.303 e. The molecule has 0 radical (unpaired) electrons. The highest BCUT2D eigenvalue weighted by molar-refractivity contribution is 7.86. The Kier molecular flexibility index (Phi) is 16.4. The van der Waals surface area contributed by atoms with E-state index in [0.29, 0.717) is 61.5 Å². The third kappa shape index (κ3) is 12.3. The van der Waals surface area contributed by atoms with Crippen molar-refractivity contribution in [3.05, 3.63) is 77.0 Å². The first-order valence-corrected chi connectivity index (χ1v) is 24.2. The fourth-order valence-corrected chi connectivity index (χ4v) is 9.64. The fourth-order valence-electron chi connectivity index (χ4n) is 8.11. The first-order chi connectivity index (χ1) is 28.1. The third-order valence-electron chi connectivity index (χ3n) is 11.1. The van der Waals surface area contributed by atoms with Gasteiger partial charge in [0.15, 0.2) is 5.71 Å². The van der Waals surface area contributed by atoms with Crippen molar-refractivity contribution in [2.24, 2.45) is 0 Å². The first kappa shape index (κ1) is 48.6. The molecule has 2 atom stereocenters. The molecule has 0 fully saturated rings. The van der Waals surface area contributed by atoms with Crippen LogP contribution in [0.2, 0.25) is 0 Å². The van der Waals surface area contributed by atoms with Crippen LogP contribution in [0.1, 0.15) is 86.7 Å². The van der Waals surface area contributed by atoms with Crippen molar-refractivity contribution in [3.63, 3.8) is 0 Å². The number of carboxylic acids is 1. The smallest absolute Gasteiger partial charge is 0.303 e. The second-order valence-corrected chi connectivity index (χ2v) is 19.9. The number of allylic oxidation sites excluding steroid dienone is 4. The van der Waals surface area contributed by atoms with E-state index in [-0.39, 0.29) is 56.1 Å². The number of carbonyl (C=O) groups excluding carboxylic acids is 1. The minimum atomic E-state index is -4.63. The van der Waals surface area contributed by atoms with Gasteiger partial charge in [-0.25, -0.2) is 0 Å². The van der Waals surface area contributed by atoms with Crippen molar-refractivity contribution in [2.45, 2.75) is 80.9 Å². The largest absolute Gasteiger partial charge is 0.481 e. The lowest BCUT2D eigenvalue weighted by Gasteiger charge is -2.30. The predicted molar refractivity (Wildman–Crippen MR) is 225 cm³/mol. The summed E-state index contributed by atoms with van der Waals surface area (Å²) in [4.78, 5) is 26.0. The van der Waals surface area contributed by atoms with Crippen molar-refractivity contribution in [1.82, 2.24) is 5.32 Å². The molecule has 2 aliphatic rings. The summed E-state index contributed by atoms with van der Waals surface area (Å²) in [5, 5.41) is 12.0. The number of ether oxygens (including phenoxy) is 2. The van der Waals surface area contributed by atoms with Gasteiger partial charge in [-0.2, -0.15) is 29.8 Å². The molecule has 0 saturated carbocycles. The molecule has 2 aliphatic heterocycles. The summed E-state index contributed by atoms with van der Waals surface area (Å²) >= 11 is 0. The van der Waals surface area contributed by atoms with Crippen LogP contribution in [0.5, 0.6) is 0 Å². The number of methoxy groups -OCH3 is 2. The molecule has 2 aromatic carbocycles. The zero-order chi connectivity index (χ0) is 44.5. The Morgan fingerprint density at radius 3 is 2.07 bits per heavy atom. The normalized spacial score (nSPS) is 20.0. The molecule has 2 unspecified atom stereocenters. The molecule has 0 aromatic heterocycles. The lowest BCUT2D eigenvalue weighted by Crippen LogP contribution is -2.33. The molecular weight excluding hydrogens is 843 g/mol. The van der Waals surface area contributed by atoms with Crippen LogP contribution in [0.3, 0.4) is 0 Å². The van der Waals surface area contributed by atoms with E-state index >= 15 is 0 Å². The molecule has 0 saturated heterocycles. The number of carboxylic acid groups (broad SMARTS) is 1. The van der Waals surface area contributed by atoms with Gasteiger partial charge in [0, 0.05) is 80.2 Å². The summed E-state index contributed by atoms with van der Waals surface area (Å²) in [5.74, 6) is -2.30. The molecule has 0 spiro atoms. The van der Waals surface area contributed by atoms with Crippen molar-refractivity contribution in [2.75, 3.05) is 63.5 Å². The number of hydrogen-bond acceptors (Lipinski definition) is 11. The average Bonchev–Trinajstić information content (AvgIpc) is 3.52. The van der Waals surface area contributed by atoms with Gasteiger partial charge in [-0.3, -0.25) is 23.2 Å². The van der Waals surface area contributed by atoms with Crippen molar-refractivity contribution >= 4 is 59.3 Å². The number of fused-ring (bicyclic) bond motifs is 2. The van der Waals surface area contributed by atoms with Gasteiger partial charge in [0.2, 0.25) is 5.69 Å². The lowest BCUT2D eigenvalue weighted by atomic mass is 9.75. The summed E-state index contributed by atoms with van der Waals surface area (Å²) < 4.78 is 114. The molecular formula is C40H56N3O14S3+. The van der Waals surface area contributed by atoms with Gasteiger partial charge in [0.05, 0.1) is 35.0 Å². The third-order valence-corrected chi connectivity index (χ3v) is 13.5. The van der Waals surface area contributed by atoms with Crippen LogP contribution in [0.15, 0.2) is 65.2 Å². The molecule has 0 aliphatic carbocycles. The number of rotatable bonds is 24. The van der Waals surface area contributed by atoms with Crippen LogP contribution in [-0.4, -0.2) is 125 Å². The summed E-state index contributed by atoms with van der Waals surface area (Å²) in [6.45, 7) is 5.29. The molecule has 60 heavy (non-hydrogen) atoms. The topological polar surface area (TPSA) is 254 Å². The molecule has 2 heterocycles. The van der Waals surface area contributed by atoms with Crippen molar-refractivity contribution in [1.29, 1.82) is 0 Å². The molecule has 0 bridgehead atoms. The van der Waals surface area contributed by atoms with Gasteiger partial charge < -0.3 is 24.8 Å². The van der Waals surface area contributed by atoms with Gasteiger partial charge in [0.1, 0.15) is 6.54 Å². The van der Waals surface area contributed by atoms with E-state index in [1.165, 1.54) is 26.4 Å². The zero-order valence-electron chi connectivity index (χ0n) is 34.3. The number of aliphatic carboxylic acids is 1. The summed E-state index contributed by atoms with van der Waals surface area (Å²) in [7, 11) is -10.2. The zero-order valence-corrected chi connectivity index (χ0v) is 36.7. The molecule has 1 amide bonds. The van der Waals surface area contributed by atoms with E-state index in [4.69, 9.17) is 9.47 Å². The maximum absolute atomic E-state index is 13.2. The minimum Gasteiger partial charge on any atom is -0.481 e. The van der Waals surface area contributed by atoms with Crippen molar-refractivity contribution < 1.29 is 67.7 Å². The maximum atomic E-state index is 13.2. The van der Waals surface area contributed by atoms with E-state index in [1.54, 1.807) is 24.3 Å². The number of unbranched alkanes of at least 4 members (excludes halogenated alkanes) is 2. The fraction of sp³-hybridized carbons (Fsp3) is 0.525. The van der Waals surface area contributed by atoms with Crippen LogP contribution in [0.25, 0.3) is 0 Å². The molecule has 4 rings (SSSR count). The van der Waals surface area contributed by atoms with Crippen LogP contribution in [0, 0.1) is 0 Å². The second-order valence-electron chi connectivity index (χ2n) is 15.4. The monoisotopic (exact) mass is 898 g/mol. The number of anilines is 1. The van der Waals surface area contributed by atoms with Crippen molar-refractivity contribution in [3.8, 4) is 0 Å². The number of nitrogens with zero attached hydrogens (tertiary/aromatic N) is 2. The van der Waals surface area contributed by atoms with Crippen LogP contribution in [-0.2, 0) is 55.5 Å². The lowest BCUT2D eigenvalue weighted by molar-refractivity contribution is -0.438. The standard InChI is InChI=1S/C40H55N3O14S3/c1-39(18-9-25-58(47,48)49)31-27-29(38(46)41-20-23-56-3)14-16-33(31)42(21-7-5-6-13-37(44)45)35(39)11-8-12-36-40(2,19-10-26-59(50,51)52)32-28-30(60(53,54)55)15-17-34(32)43(36)22-24-57-4/h8,11-12,14-17,27-28H,5-7,9-10,13,18-26H2,1-4H3,(H4-,41,44,45,46,47,48,49,50,51,52,53,54,55)/p+1. The summed E-state index contributed by atoms with van der Waals surface area (Å²) in [6.07, 6.45) is 7.53. The molecule has 17 nitrogen and oxygen atoms in total. The Bertz CT molecular complexity index is 2340. The van der Waals surface area contributed by atoms with Crippen LogP contribution < -0.4 is 10.2 Å². The van der Waals surface area contributed by atoms with Gasteiger partial charge in [-0.05, 0) is 94.3 Å². The van der Waals surface area contributed by atoms with Gasteiger partial charge in [0.25, 0.3) is 36.3 Å². The molecule has 332 valence electrons. The summed E-state index contributed by atoms with van der Waals surface area (Å²) in [5.41, 5.74) is 2.34. The van der Waals surface area contributed by atoms with Crippen LogP contribution >= 0.6 is 0 Å².